The van der Waals surface area contributed by atoms with E-state index >= 15 is 0 Å². The summed E-state index contributed by atoms with van der Waals surface area (Å²) in [6.45, 7) is 2.79. The third kappa shape index (κ3) is 3.99. The van der Waals surface area contributed by atoms with Crippen molar-refractivity contribution in [3.8, 4) is 6.07 Å². The average molecular weight is 266 g/mol. The second kappa shape index (κ2) is 7.38. The Morgan fingerprint density at radius 3 is 2.50 bits per heavy atom. The first kappa shape index (κ1) is 15.0. The number of hydrogen-bond donors (Lipinski definition) is 1. The van der Waals surface area contributed by atoms with Crippen LogP contribution in [0.15, 0.2) is 24.3 Å². The van der Waals surface area contributed by atoms with Crippen LogP contribution in [0.4, 0.5) is 0 Å². The molecule has 0 aliphatic heterocycles. The maximum atomic E-state index is 8.67. The summed E-state index contributed by atoms with van der Waals surface area (Å²) in [5.41, 5.74) is 7.35. The van der Waals surface area contributed by atoms with E-state index < -0.39 is 0 Å². The minimum absolute atomic E-state index is 0.0508. The maximum Gasteiger partial charge on any atom is 0.0635 e. The maximum absolute atomic E-state index is 8.67. The standard InChI is InChI=1S/C14H20ClN3/c1-3-13(17)14(18(2)10-4-9-16)11-5-7-12(15)8-6-11/h5-8,13-14H,3-4,10,17H2,1-2H3. The van der Waals surface area contributed by atoms with Crippen LogP contribution in [-0.2, 0) is 0 Å². The van der Waals surface area contributed by atoms with Crippen molar-refractivity contribution in [3.05, 3.63) is 34.9 Å². The molecule has 2 atom stereocenters. The number of halogens is 1. The lowest BCUT2D eigenvalue weighted by molar-refractivity contribution is 0.214. The Morgan fingerprint density at radius 2 is 2.00 bits per heavy atom. The SMILES string of the molecule is CCC(N)C(c1ccc(Cl)cc1)N(C)CCC#N. The summed E-state index contributed by atoms with van der Waals surface area (Å²) >= 11 is 5.91. The van der Waals surface area contributed by atoms with E-state index in [2.05, 4.69) is 17.9 Å². The van der Waals surface area contributed by atoms with Crippen molar-refractivity contribution in [2.75, 3.05) is 13.6 Å². The third-order valence-corrected chi connectivity index (χ3v) is 3.39. The smallest absolute Gasteiger partial charge is 0.0635 e. The number of likely N-dealkylation sites (N-methyl/N-ethyl adjacent to an activating group) is 1. The van der Waals surface area contributed by atoms with Gasteiger partial charge in [0.15, 0.2) is 0 Å². The Morgan fingerprint density at radius 1 is 1.39 bits per heavy atom. The molecule has 2 unspecified atom stereocenters. The van der Waals surface area contributed by atoms with Gasteiger partial charge in [0.25, 0.3) is 0 Å². The highest BCUT2D eigenvalue weighted by Gasteiger charge is 2.22. The van der Waals surface area contributed by atoms with Crippen molar-refractivity contribution in [1.29, 1.82) is 5.26 Å². The van der Waals surface area contributed by atoms with Crippen LogP contribution in [0.5, 0.6) is 0 Å². The zero-order valence-electron chi connectivity index (χ0n) is 10.9. The summed E-state index contributed by atoms with van der Waals surface area (Å²) < 4.78 is 0. The Kier molecular flexibility index (Phi) is 6.14. The van der Waals surface area contributed by atoms with E-state index in [1.165, 1.54) is 0 Å². The van der Waals surface area contributed by atoms with Gasteiger partial charge in [0.1, 0.15) is 0 Å². The molecule has 0 aromatic heterocycles. The Bertz CT molecular complexity index is 396. The first-order valence-corrected chi connectivity index (χ1v) is 6.56. The molecule has 0 fully saturated rings. The van der Waals surface area contributed by atoms with Crippen LogP contribution >= 0.6 is 11.6 Å². The molecule has 0 spiro atoms. The van der Waals surface area contributed by atoms with Crippen molar-refractivity contribution >= 4 is 11.6 Å². The minimum Gasteiger partial charge on any atom is -0.326 e. The Hall–Kier alpha value is -1.08. The normalized spacial score (nSPS) is 14.2. The van der Waals surface area contributed by atoms with Crippen LogP contribution in [-0.4, -0.2) is 24.5 Å². The number of nitrogens with two attached hydrogens (primary N) is 1. The van der Waals surface area contributed by atoms with Crippen LogP contribution in [0.3, 0.4) is 0 Å². The molecule has 0 heterocycles. The van der Waals surface area contributed by atoms with Gasteiger partial charge in [-0.05, 0) is 31.2 Å². The highest BCUT2D eigenvalue weighted by atomic mass is 35.5. The van der Waals surface area contributed by atoms with E-state index in [0.717, 1.165) is 23.6 Å². The van der Waals surface area contributed by atoms with Crippen molar-refractivity contribution in [2.24, 2.45) is 5.73 Å². The molecule has 2 N–H and O–H groups in total. The number of hydrogen-bond acceptors (Lipinski definition) is 3. The van der Waals surface area contributed by atoms with Crippen LogP contribution in [0.1, 0.15) is 31.4 Å². The fourth-order valence-electron chi connectivity index (χ4n) is 2.08. The number of rotatable bonds is 6. The molecule has 4 heteroatoms. The molecule has 98 valence electrons. The van der Waals surface area contributed by atoms with Gasteiger partial charge in [0.05, 0.1) is 6.07 Å². The largest absolute Gasteiger partial charge is 0.326 e. The number of benzene rings is 1. The van der Waals surface area contributed by atoms with Crippen molar-refractivity contribution in [3.63, 3.8) is 0 Å². The van der Waals surface area contributed by atoms with Crippen LogP contribution < -0.4 is 5.73 Å². The van der Waals surface area contributed by atoms with E-state index in [-0.39, 0.29) is 12.1 Å². The van der Waals surface area contributed by atoms with E-state index in [9.17, 15) is 0 Å². The summed E-state index contributed by atoms with van der Waals surface area (Å²) in [7, 11) is 2.01. The molecule has 18 heavy (non-hydrogen) atoms. The number of nitrogens with zero attached hydrogens (tertiary/aromatic N) is 2. The van der Waals surface area contributed by atoms with Crippen LogP contribution in [0.25, 0.3) is 0 Å². The summed E-state index contributed by atoms with van der Waals surface area (Å²) in [6, 6.07) is 10.1. The third-order valence-electron chi connectivity index (χ3n) is 3.14. The van der Waals surface area contributed by atoms with E-state index in [1.807, 2.05) is 31.3 Å². The summed E-state index contributed by atoms with van der Waals surface area (Å²) in [6.07, 6.45) is 1.40. The predicted molar refractivity (Wildman–Crippen MR) is 75.3 cm³/mol. The summed E-state index contributed by atoms with van der Waals surface area (Å²) in [5.74, 6) is 0. The van der Waals surface area contributed by atoms with Crippen LogP contribution in [0.2, 0.25) is 5.02 Å². The van der Waals surface area contributed by atoms with Gasteiger partial charge in [-0.3, -0.25) is 4.90 Å². The molecule has 0 aliphatic carbocycles. The highest BCUT2D eigenvalue weighted by Crippen LogP contribution is 2.25. The van der Waals surface area contributed by atoms with Crippen molar-refractivity contribution < 1.29 is 0 Å². The molecule has 1 aromatic carbocycles. The second-order valence-electron chi connectivity index (χ2n) is 4.46. The fourth-order valence-corrected chi connectivity index (χ4v) is 2.20. The molecule has 0 radical (unpaired) electrons. The van der Waals surface area contributed by atoms with E-state index in [1.54, 1.807) is 0 Å². The molecule has 3 nitrogen and oxygen atoms in total. The lowest BCUT2D eigenvalue weighted by Gasteiger charge is -2.32. The van der Waals surface area contributed by atoms with Gasteiger partial charge < -0.3 is 5.73 Å². The molecule has 0 amide bonds. The topological polar surface area (TPSA) is 53.0 Å². The average Bonchev–Trinajstić information content (AvgIpc) is 2.38. The molecule has 0 aliphatic rings. The molecular formula is C14H20ClN3. The molecule has 0 saturated heterocycles. The highest BCUT2D eigenvalue weighted by molar-refractivity contribution is 6.30. The Balaban J connectivity index is 2.91. The first-order valence-electron chi connectivity index (χ1n) is 6.18. The lowest BCUT2D eigenvalue weighted by atomic mass is 9.96. The van der Waals surface area contributed by atoms with Gasteiger partial charge in [-0.1, -0.05) is 30.7 Å². The van der Waals surface area contributed by atoms with Gasteiger partial charge in [-0.2, -0.15) is 5.26 Å². The molecule has 0 saturated carbocycles. The van der Waals surface area contributed by atoms with Gasteiger partial charge >= 0.3 is 0 Å². The molecule has 0 bridgehead atoms. The fraction of sp³-hybridized carbons (Fsp3) is 0.500. The van der Waals surface area contributed by atoms with Gasteiger partial charge in [-0.25, -0.2) is 0 Å². The lowest BCUT2D eigenvalue weighted by Crippen LogP contribution is -2.39. The second-order valence-corrected chi connectivity index (χ2v) is 4.89. The van der Waals surface area contributed by atoms with Crippen LogP contribution in [0, 0.1) is 11.3 Å². The summed E-state index contributed by atoms with van der Waals surface area (Å²) in [5, 5.41) is 9.40. The monoisotopic (exact) mass is 265 g/mol. The van der Waals surface area contributed by atoms with Crippen molar-refractivity contribution in [1.82, 2.24) is 4.90 Å². The predicted octanol–water partition coefficient (Wildman–Crippen LogP) is 2.96. The van der Waals surface area contributed by atoms with E-state index in [0.29, 0.717) is 6.42 Å². The number of nitriles is 1. The zero-order chi connectivity index (χ0) is 13.5. The quantitative estimate of drug-likeness (QED) is 0.860. The zero-order valence-corrected chi connectivity index (χ0v) is 11.7. The molecule has 1 aromatic rings. The van der Waals surface area contributed by atoms with Crippen molar-refractivity contribution in [2.45, 2.75) is 31.8 Å². The van der Waals surface area contributed by atoms with Gasteiger partial charge in [-0.15, -0.1) is 0 Å². The van der Waals surface area contributed by atoms with Gasteiger partial charge in [0, 0.05) is 30.1 Å². The summed E-state index contributed by atoms with van der Waals surface area (Å²) in [4.78, 5) is 2.14. The molecule has 1 rings (SSSR count). The molecular weight excluding hydrogens is 246 g/mol. The minimum atomic E-state index is 0.0508. The van der Waals surface area contributed by atoms with Gasteiger partial charge in [0.2, 0.25) is 0 Å². The van der Waals surface area contributed by atoms with E-state index in [4.69, 9.17) is 22.6 Å². The first-order chi connectivity index (χ1) is 8.60. The Labute approximate surface area is 114 Å².